The summed E-state index contributed by atoms with van der Waals surface area (Å²) >= 11 is 0. The van der Waals surface area contributed by atoms with Crippen molar-refractivity contribution < 1.29 is 0 Å². The van der Waals surface area contributed by atoms with Gasteiger partial charge in [0.15, 0.2) is 0 Å². The highest BCUT2D eigenvalue weighted by Crippen LogP contribution is 2.34. The van der Waals surface area contributed by atoms with Crippen LogP contribution in [0.2, 0.25) is 0 Å². The van der Waals surface area contributed by atoms with Crippen molar-refractivity contribution in [1.82, 2.24) is 14.7 Å². The van der Waals surface area contributed by atoms with Crippen molar-refractivity contribution in [1.29, 1.82) is 0 Å². The van der Waals surface area contributed by atoms with Crippen LogP contribution >= 0.6 is 0 Å². The van der Waals surface area contributed by atoms with Crippen LogP contribution in [0, 0.1) is 0 Å². The van der Waals surface area contributed by atoms with Crippen LogP contribution in [0.25, 0.3) is 5.69 Å². The molecule has 2 aromatic rings. The first-order valence-electron chi connectivity index (χ1n) is 7.74. The van der Waals surface area contributed by atoms with Gasteiger partial charge < -0.3 is 0 Å². The molecule has 1 aliphatic heterocycles. The van der Waals surface area contributed by atoms with E-state index in [0.717, 1.165) is 17.6 Å². The Bertz CT molecular complexity index is 546. The Morgan fingerprint density at radius 1 is 1.00 bits per heavy atom. The molecule has 2 aliphatic rings. The molecule has 0 spiro atoms. The largest absolute Gasteiger partial charge is 0.299 e. The van der Waals surface area contributed by atoms with Crippen molar-refractivity contribution in [3.8, 4) is 5.69 Å². The van der Waals surface area contributed by atoms with Crippen molar-refractivity contribution in [2.45, 2.75) is 37.6 Å². The molecule has 3 nitrogen and oxygen atoms in total. The average molecular weight is 267 g/mol. The number of benzene rings is 1. The predicted octanol–water partition coefficient (Wildman–Crippen LogP) is 3.21. The lowest BCUT2D eigenvalue weighted by atomic mass is 9.89. The second-order valence-electron chi connectivity index (χ2n) is 6.13. The number of rotatable bonds is 3. The van der Waals surface area contributed by atoms with E-state index in [4.69, 9.17) is 0 Å². The van der Waals surface area contributed by atoms with Gasteiger partial charge in [0.25, 0.3) is 0 Å². The minimum absolute atomic E-state index is 0.738. The molecule has 1 aromatic heterocycles. The Hall–Kier alpha value is -1.61. The molecule has 2 fully saturated rings. The van der Waals surface area contributed by atoms with E-state index in [0.29, 0.717) is 0 Å². The fourth-order valence-corrected chi connectivity index (χ4v) is 3.61. The van der Waals surface area contributed by atoms with E-state index < -0.39 is 0 Å². The third-order valence-corrected chi connectivity index (χ3v) is 4.88. The molecular weight excluding hydrogens is 246 g/mol. The Labute approximate surface area is 120 Å². The van der Waals surface area contributed by atoms with E-state index in [1.807, 2.05) is 23.1 Å². The van der Waals surface area contributed by atoms with Crippen LogP contribution in [0.1, 0.15) is 37.2 Å². The summed E-state index contributed by atoms with van der Waals surface area (Å²) in [6.07, 6.45) is 9.52. The summed E-state index contributed by atoms with van der Waals surface area (Å²) in [6.45, 7) is 2.51. The maximum Gasteiger partial charge on any atom is 0.0645 e. The molecule has 3 heteroatoms. The van der Waals surface area contributed by atoms with E-state index in [2.05, 4.69) is 34.3 Å². The molecule has 0 unspecified atom stereocenters. The van der Waals surface area contributed by atoms with Gasteiger partial charge >= 0.3 is 0 Å². The number of nitrogens with zero attached hydrogens (tertiary/aromatic N) is 3. The number of likely N-dealkylation sites (tertiary alicyclic amines) is 1. The summed E-state index contributed by atoms with van der Waals surface area (Å²) in [6, 6.07) is 11.7. The van der Waals surface area contributed by atoms with Gasteiger partial charge in [-0.05, 0) is 36.6 Å². The Balaban J connectivity index is 1.40. The molecule has 0 amide bonds. The normalized spacial score (nSPS) is 21.2. The summed E-state index contributed by atoms with van der Waals surface area (Å²) in [5.41, 5.74) is 2.63. The van der Waals surface area contributed by atoms with Crippen molar-refractivity contribution in [2.75, 3.05) is 13.1 Å². The summed E-state index contributed by atoms with van der Waals surface area (Å²) in [5.74, 6) is 0.738. The summed E-state index contributed by atoms with van der Waals surface area (Å²) in [4.78, 5) is 2.68. The van der Waals surface area contributed by atoms with E-state index in [9.17, 15) is 0 Å². The molecule has 0 N–H and O–H groups in total. The standard InChI is InChI=1S/C17H21N3/c1-2-5-16(4-1)19-12-15(13-19)14-6-8-17(9-7-14)20-11-3-10-18-20/h3,6-11,15-16H,1-2,4-5,12-13H2. The predicted molar refractivity (Wildman–Crippen MR) is 80.1 cm³/mol. The number of hydrogen-bond donors (Lipinski definition) is 0. The van der Waals surface area contributed by atoms with Crippen LogP contribution in [0.3, 0.4) is 0 Å². The minimum Gasteiger partial charge on any atom is -0.299 e. The van der Waals surface area contributed by atoms with Gasteiger partial charge in [-0.25, -0.2) is 4.68 Å². The van der Waals surface area contributed by atoms with Crippen LogP contribution in [-0.2, 0) is 0 Å². The highest BCUT2D eigenvalue weighted by Gasteiger charge is 2.34. The smallest absolute Gasteiger partial charge is 0.0645 e. The first kappa shape index (κ1) is 12.2. The van der Waals surface area contributed by atoms with Crippen LogP contribution in [-0.4, -0.2) is 33.8 Å². The SMILES string of the molecule is c1cnn(-c2ccc(C3CN(C4CCCC4)C3)cc2)c1. The molecular formula is C17H21N3. The van der Waals surface area contributed by atoms with E-state index >= 15 is 0 Å². The van der Waals surface area contributed by atoms with E-state index in [1.165, 1.54) is 44.3 Å². The van der Waals surface area contributed by atoms with E-state index in [-0.39, 0.29) is 0 Å². The highest BCUT2D eigenvalue weighted by molar-refractivity contribution is 5.36. The fraction of sp³-hybridized carbons (Fsp3) is 0.471. The summed E-state index contributed by atoms with van der Waals surface area (Å²) in [5, 5.41) is 4.27. The minimum atomic E-state index is 0.738. The molecule has 0 radical (unpaired) electrons. The maximum atomic E-state index is 4.27. The van der Waals surface area contributed by atoms with E-state index in [1.54, 1.807) is 0 Å². The second kappa shape index (κ2) is 5.06. The third kappa shape index (κ3) is 2.16. The first-order valence-corrected chi connectivity index (χ1v) is 7.74. The molecule has 4 rings (SSSR count). The van der Waals surface area contributed by atoms with Crippen LogP contribution in [0.15, 0.2) is 42.7 Å². The molecule has 20 heavy (non-hydrogen) atoms. The zero-order chi connectivity index (χ0) is 13.4. The third-order valence-electron chi connectivity index (χ3n) is 4.88. The lowest BCUT2D eigenvalue weighted by Gasteiger charge is -2.43. The zero-order valence-electron chi connectivity index (χ0n) is 11.8. The lowest BCUT2D eigenvalue weighted by molar-refractivity contribution is 0.0943. The molecule has 1 aliphatic carbocycles. The molecule has 0 atom stereocenters. The topological polar surface area (TPSA) is 21.1 Å². The highest BCUT2D eigenvalue weighted by atomic mass is 15.3. The van der Waals surface area contributed by atoms with Gasteiger partial charge in [0, 0.05) is 37.4 Å². The van der Waals surface area contributed by atoms with Crippen molar-refractivity contribution in [2.24, 2.45) is 0 Å². The Kier molecular flexibility index (Phi) is 3.07. The van der Waals surface area contributed by atoms with Gasteiger partial charge in [0.05, 0.1) is 5.69 Å². The number of aromatic nitrogens is 2. The molecule has 1 saturated carbocycles. The Morgan fingerprint density at radius 2 is 1.75 bits per heavy atom. The van der Waals surface area contributed by atoms with Gasteiger partial charge in [-0.1, -0.05) is 25.0 Å². The van der Waals surface area contributed by atoms with Crippen molar-refractivity contribution >= 4 is 0 Å². The maximum absolute atomic E-state index is 4.27. The van der Waals surface area contributed by atoms with Crippen LogP contribution in [0.5, 0.6) is 0 Å². The van der Waals surface area contributed by atoms with Crippen molar-refractivity contribution in [3.63, 3.8) is 0 Å². The van der Waals surface area contributed by atoms with Crippen molar-refractivity contribution in [3.05, 3.63) is 48.3 Å². The van der Waals surface area contributed by atoms with Crippen LogP contribution < -0.4 is 0 Å². The number of hydrogen-bond acceptors (Lipinski definition) is 2. The molecule has 1 aromatic carbocycles. The first-order chi connectivity index (χ1) is 9.90. The van der Waals surface area contributed by atoms with Gasteiger partial charge in [-0.2, -0.15) is 5.10 Å². The van der Waals surface area contributed by atoms with Crippen LogP contribution in [0.4, 0.5) is 0 Å². The quantitative estimate of drug-likeness (QED) is 0.851. The molecule has 104 valence electrons. The zero-order valence-corrected chi connectivity index (χ0v) is 11.8. The summed E-state index contributed by atoms with van der Waals surface area (Å²) in [7, 11) is 0. The fourth-order valence-electron chi connectivity index (χ4n) is 3.61. The van der Waals surface area contributed by atoms with Gasteiger partial charge in [0.1, 0.15) is 0 Å². The second-order valence-corrected chi connectivity index (χ2v) is 6.13. The van der Waals surface area contributed by atoms with Gasteiger partial charge in [-0.3, -0.25) is 4.90 Å². The lowest BCUT2D eigenvalue weighted by Crippen LogP contribution is -2.49. The van der Waals surface area contributed by atoms with Gasteiger partial charge in [-0.15, -0.1) is 0 Å². The molecule has 0 bridgehead atoms. The summed E-state index contributed by atoms with van der Waals surface area (Å²) < 4.78 is 1.91. The Morgan fingerprint density at radius 3 is 2.40 bits per heavy atom. The monoisotopic (exact) mass is 267 g/mol. The van der Waals surface area contributed by atoms with Gasteiger partial charge in [0.2, 0.25) is 0 Å². The average Bonchev–Trinajstić information content (AvgIpc) is 3.11. The molecule has 2 heterocycles. The molecule has 1 saturated heterocycles.